The molecule has 16 heavy (non-hydrogen) atoms. The van der Waals surface area contributed by atoms with Crippen LogP contribution in [0.15, 0.2) is 12.4 Å². The van der Waals surface area contributed by atoms with Crippen LogP contribution in [-0.2, 0) is 9.59 Å². The van der Waals surface area contributed by atoms with E-state index >= 15 is 0 Å². The highest BCUT2D eigenvalue weighted by atomic mass is 16.2. The van der Waals surface area contributed by atoms with Crippen LogP contribution >= 0.6 is 0 Å². The van der Waals surface area contributed by atoms with Gasteiger partial charge in [-0.25, -0.2) is 9.97 Å². The lowest BCUT2D eigenvalue weighted by Gasteiger charge is -2.15. The average Bonchev–Trinajstić information content (AvgIpc) is 2.61. The second kappa shape index (κ2) is 3.76. The van der Waals surface area contributed by atoms with Crippen molar-refractivity contribution < 1.29 is 9.59 Å². The van der Waals surface area contributed by atoms with Crippen molar-refractivity contribution in [2.75, 3.05) is 17.2 Å². The van der Waals surface area contributed by atoms with Gasteiger partial charge in [-0.05, 0) is 0 Å². The molecule has 1 atom stereocenters. The van der Waals surface area contributed by atoms with Gasteiger partial charge in [-0.2, -0.15) is 0 Å². The van der Waals surface area contributed by atoms with Crippen molar-refractivity contribution in [2.45, 2.75) is 6.42 Å². The number of hydrogen-bond donors (Lipinski definition) is 2. The molecule has 0 saturated carbocycles. The summed E-state index contributed by atoms with van der Waals surface area (Å²) in [5.74, 6) is -0.722. The maximum Gasteiger partial charge on any atom is 0.229 e. The normalized spacial score (nSPS) is 20.1. The Labute approximate surface area is 91.5 Å². The van der Waals surface area contributed by atoms with E-state index in [1.807, 2.05) is 0 Å². The van der Waals surface area contributed by atoms with Gasteiger partial charge in [-0.1, -0.05) is 0 Å². The Hall–Kier alpha value is -2.18. The first kappa shape index (κ1) is 10.3. The van der Waals surface area contributed by atoms with Crippen molar-refractivity contribution in [3.63, 3.8) is 0 Å². The summed E-state index contributed by atoms with van der Waals surface area (Å²) in [5, 5.41) is 0. The Morgan fingerprint density at radius 1 is 1.44 bits per heavy atom. The first-order valence-corrected chi connectivity index (χ1v) is 4.75. The Morgan fingerprint density at radius 2 is 2.12 bits per heavy atom. The number of nitrogens with zero attached hydrogens (tertiary/aromatic N) is 3. The van der Waals surface area contributed by atoms with Crippen LogP contribution in [0.25, 0.3) is 0 Å². The van der Waals surface area contributed by atoms with E-state index in [4.69, 9.17) is 11.5 Å². The third kappa shape index (κ3) is 1.67. The van der Waals surface area contributed by atoms with Gasteiger partial charge in [0, 0.05) is 25.4 Å². The van der Waals surface area contributed by atoms with Gasteiger partial charge in [0.1, 0.15) is 0 Å². The number of carbonyl (C=O) groups excluding carboxylic acids is 2. The van der Waals surface area contributed by atoms with Gasteiger partial charge in [0.05, 0.1) is 5.92 Å². The molecule has 4 N–H and O–H groups in total. The molecular formula is C9H11N5O2. The highest BCUT2D eigenvalue weighted by Crippen LogP contribution is 2.25. The number of nitrogens with two attached hydrogens (primary N) is 2. The molecule has 1 fully saturated rings. The van der Waals surface area contributed by atoms with Crippen molar-refractivity contribution >= 4 is 23.5 Å². The zero-order valence-corrected chi connectivity index (χ0v) is 8.46. The molecule has 2 rings (SSSR count). The van der Waals surface area contributed by atoms with Gasteiger partial charge in [-0.3, -0.25) is 14.5 Å². The van der Waals surface area contributed by atoms with E-state index < -0.39 is 11.8 Å². The summed E-state index contributed by atoms with van der Waals surface area (Å²) < 4.78 is 0. The molecule has 1 unspecified atom stereocenters. The highest BCUT2D eigenvalue weighted by molar-refractivity contribution is 6.00. The van der Waals surface area contributed by atoms with Gasteiger partial charge in [0.15, 0.2) is 11.6 Å². The number of rotatable bonds is 2. The van der Waals surface area contributed by atoms with E-state index in [2.05, 4.69) is 9.97 Å². The first-order valence-electron chi connectivity index (χ1n) is 4.75. The van der Waals surface area contributed by atoms with Crippen LogP contribution in [0.5, 0.6) is 0 Å². The fourth-order valence-corrected chi connectivity index (χ4v) is 1.65. The van der Waals surface area contributed by atoms with Crippen LogP contribution in [0.1, 0.15) is 6.42 Å². The van der Waals surface area contributed by atoms with Gasteiger partial charge in [-0.15, -0.1) is 0 Å². The van der Waals surface area contributed by atoms with Crippen molar-refractivity contribution in [2.24, 2.45) is 11.7 Å². The fraction of sp³-hybridized carbons (Fsp3) is 0.333. The number of nitrogen functional groups attached to an aromatic ring is 1. The van der Waals surface area contributed by atoms with Crippen molar-refractivity contribution in [3.05, 3.63) is 12.4 Å². The van der Waals surface area contributed by atoms with Crippen molar-refractivity contribution in [3.8, 4) is 0 Å². The summed E-state index contributed by atoms with van der Waals surface area (Å²) in [6.07, 6.45) is 2.98. The summed E-state index contributed by atoms with van der Waals surface area (Å²) in [6.45, 7) is 0.219. The largest absolute Gasteiger partial charge is 0.381 e. The average molecular weight is 221 g/mol. The molecule has 0 aromatic carbocycles. The summed E-state index contributed by atoms with van der Waals surface area (Å²) in [7, 11) is 0. The van der Waals surface area contributed by atoms with Crippen LogP contribution < -0.4 is 16.4 Å². The zero-order chi connectivity index (χ0) is 11.7. The second-order valence-electron chi connectivity index (χ2n) is 3.57. The van der Waals surface area contributed by atoms with E-state index in [1.54, 1.807) is 0 Å². The van der Waals surface area contributed by atoms with Crippen molar-refractivity contribution in [1.29, 1.82) is 0 Å². The minimum atomic E-state index is -0.488. The van der Waals surface area contributed by atoms with Crippen LogP contribution in [0, 0.1) is 5.92 Å². The van der Waals surface area contributed by atoms with Gasteiger partial charge >= 0.3 is 0 Å². The number of anilines is 2. The lowest BCUT2D eigenvalue weighted by Crippen LogP contribution is -2.29. The van der Waals surface area contributed by atoms with Crippen LogP contribution in [0.2, 0.25) is 0 Å². The van der Waals surface area contributed by atoms with Gasteiger partial charge < -0.3 is 11.5 Å². The van der Waals surface area contributed by atoms with Crippen LogP contribution in [0.4, 0.5) is 11.6 Å². The monoisotopic (exact) mass is 221 g/mol. The molecule has 2 heterocycles. The summed E-state index contributed by atoms with van der Waals surface area (Å²) >= 11 is 0. The molecule has 1 aromatic rings. The lowest BCUT2D eigenvalue weighted by atomic mass is 10.1. The lowest BCUT2D eigenvalue weighted by molar-refractivity contribution is -0.123. The SMILES string of the molecule is NC(=O)C1CC(=O)N(c2nccnc2N)C1. The third-order valence-corrected chi connectivity index (χ3v) is 2.49. The molecule has 7 nitrogen and oxygen atoms in total. The topological polar surface area (TPSA) is 115 Å². The number of aromatic nitrogens is 2. The molecule has 0 aliphatic carbocycles. The highest BCUT2D eigenvalue weighted by Gasteiger charge is 2.35. The quantitative estimate of drug-likeness (QED) is 0.657. The molecule has 7 heteroatoms. The van der Waals surface area contributed by atoms with Gasteiger partial charge in [0.25, 0.3) is 0 Å². The number of amides is 2. The summed E-state index contributed by atoms with van der Waals surface area (Å²) in [4.78, 5) is 31.8. The predicted octanol–water partition coefficient (Wildman–Crippen LogP) is -1.10. The number of carbonyl (C=O) groups is 2. The van der Waals surface area contributed by atoms with Crippen LogP contribution in [0.3, 0.4) is 0 Å². The molecule has 0 radical (unpaired) electrons. The summed E-state index contributed by atoms with van der Waals surface area (Å²) in [6, 6.07) is 0. The Balaban J connectivity index is 2.27. The van der Waals surface area contributed by atoms with E-state index in [9.17, 15) is 9.59 Å². The Kier molecular flexibility index (Phi) is 2.43. The van der Waals surface area contributed by atoms with E-state index in [-0.39, 0.29) is 30.5 Å². The predicted molar refractivity (Wildman–Crippen MR) is 56.1 cm³/mol. The molecule has 2 amide bonds. The number of hydrogen-bond acceptors (Lipinski definition) is 5. The van der Waals surface area contributed by atoms with Crippen molar-refractivity contribution in [1.82, 2.24) is 9.97 Å². The molecule has 1 aliphatic rings. The Morgan fingerprint density at radius 3 is 2.69 bits per heavy atom. The van der Waals surface area contributed by atoms with Gasteiger partial charge in [0.2, 0.25) is 11.8 Å². The second-order valence-corrected chi connectivity index (χ2v) is 3.57. The maximum absolute atomic E-state index is 11.6. The zero-order valence-electron chi connectivity index (χ0n) is 8.46. The minimum Gasteiger partial charge on any atom is -0.381 e. The molecule has 84 valence electrons. The first-order chi connectivity index (χ1) is 7.59. The van der Waals surface area contributed by atoms with Crippen LogP contribution in [-0.4, -0.2) is 28.3 Å². The van der Waals surface area contributed by atoms with E-state index in [0.717, 1.165) is 0 Å². The molecule has 1 aromatic heterocycles. The fourth-order valence-electron chi connectivity index (χ4n) is 1.65. The molecule has 1 aliphatic heterocycles. The molecule has 1 saturated heterocycles. The third-order valence-electron chi connectivity index (χ3n) is 2.49. The summed E-state index contributed by atoms with van der Waals surface area (Å²) in [5.41, 5.74) is 10.8. The number of primary amides is 1. The smallest absolute Gasteiger partial charge is 0.229 e. The molecule has 0 spiro atoms. The minimum absolute atomic E-state index is 0.103. The van der Waals surface area contributed by atoms with E-state index in [0.29, 0.717) is 0 Å². The Bertz CT molecular complexity index is 447. The standard InChI is InChI=1S/C9H11N5O2/c10-7-9(13-2-1-12-7)14-4-5(8(11)16)3-6(14)15/h1-2,5H,3-4H2,(H2,10,12)(H2,11,16). The van der Waals surface area contributed by atoms with E-state index in [1.165, 1.54) is 17.3 Å². The molecule has 0 bridgehead atoms. The molecular weight excluding hydrogens is 210 g/mol. The maximum atomic E-state index is 11.6.